The summed E-state index contributed by atoms with van der Waals surface area (Å²) in [6.45, 7) is 0. The van der Waals surface area contributed by atoms with E-state index in [1.54, 1.807) is 12.4 Å². The van der Waals surface area contributed by atoms with Gasteiger partial charge in [-0.05, 0) is 53.3 Å². The molecule has 1 saturated carbocycles. The van der Waals surface area contributed by atoms with E-state index in [0.29, 0.717) is 17.9 Å². The molecule has 0 aliphatic heterocycles. The smallest absolute Gasteiger partial charge is 0.230 e. The monoisotopic (exact) mass is 382 g/mol. The Morgan fingerprint density at radius 1 is 1.28 bits per heavy atom. The van der Waals surface area contributed by atoms with Crippen molar-refractivity contribution in [3.05, 3.63) is 48.9 Å². The molecular formula is C22H18N6O. The molecule has 142 valence electrons. The molecule has 2 atom stereocenters. The number of nitrogens with one attached hydrogen (secondary N) is 1. The molecule has 1 amide bonds. The number of nitrogen functional groups attached to an aromatic ring is 1. The average Bonchev–Trinajstić information content (AvgIpc) is 3.43. The summed E-state index contributed by atoms with van der Waals surface area (Å²) in [4.78, 5) is 21.0. The van der Waals surface area contributed by atoms with E-state index in [4.69, 9.17) is 11.0 Å². The van der Waals surface area contributed by atoms with Crippen LogP contribution in [0.15, 0.2) is 48.9 Å². The number of fused-ring (bicyclic) bond motifs is 2. The quantitative estimate of drug-likeness (QED) is 0.527. The van der Waals surface area contributed by atoms with Gasteiger partial charge in [0.2, 0.25) is 5.91 Å². The van der Waals surface area contributed by atoms with Gasteiger partial charge in [0.25, 0.3) is 0 Å². The molecular weight excluding hydrogens is 364 g/mol. The molecule has 1 fully saturated rings. The number of anilines is 2. The van der Waals surface area contributed by atoms with E-state index < -0.39 is 0 Å². The molecule has 7 heteroatoms. The largest absolute Gasteiger partial charge is 0.398 e. The molecule has 7 nitrogen and oxygen atoms in total. The molecule has 3 heterocycles. The zero-order valence-corrected chi connectivity index (χ0v) is 15.8. The Morgan fingerprint density at radius 3 is 2.93 bits per heavy atom. The van der Waals surface area contributed by atoms with Gasteiger partial charge in [-0.2, -0.15) is 5.26 Å². The van der Waals surface area contributed by atoms with Crippen LogP contribution in [-0.2, 0) is 11.8 Å². The minimum Gasteiger partial charge on any atom is -0.398 e. The predicted octanol–water partition coefficient (Wildman–Crippen LogP) is 3.47. The highest BCUT2D eigenvalue weighted by atomic mass is 16.2. The first-order valence-electron chi connectivity index (χ1n) is 9.35. The number of rotatable bonds is 3. The van der Waals surface area contributed by atoms with E-state index >= 15 is 0 Å². The first-order valence-corrected chi connectivity index (χ1v) is 9.35. The molecule has 0 saturated heterocycles. The van der Waals surface area contributed by atoms with Crippen molar-refractivity contribution >= 4 is 39.2 Å². The minimum atomic E-state index is -0.239. The van der Waals surface area contributed by atoms with Gasteiger partial charge in [0.1, 0.15) is 11.5 Å². The number of carbonyl (C=O) groups excluding carboxylic acids is 1. The second kappa shape index (κ2) is 6.31. The van der Waals surface area contributed by atoms with E-state index in [1.165, 1.54) is 0 Å². The molecule has 1 aromatic carbocycles. The molecule has 1 aliphatic rings. The van der Waals surface area contributed by atoms with Gasteiger partial charge in [-0.25, -0.2) is 9.97 Å². The Morgan fingerprint density at radius 2 is 2.14 bits per heavy atom. The van der Waals surface area contributed by atoms with Gasteiger partial charge >= 0.3 is 0 Å². The van der Waals surface area contributed by atoms with Gasteiger partial charge in [-0.1, -0.05) is 0 Å². The first-order chi connectivity index (χ1) is 14.0. The van der Waals surface area contributed by atoms with Gasteiger partial charge < -0.3 is 15.6 Å². The second-order valence-corrected chi connectivity index (χ2v) is 7.45. The van der Waals surface area contributed by atoms with Crippen LogP contribution in [0.25, 0.3) is 32.9 Å². The summed E-state index contributed by atoms with van der Waals surface area (Å²) in [5, 5.41) is 14.5. The fourth-order valence-electron chi connectivity index (χ4n) is 3.77. The van der Waals surface area contributed by atoms with Gasteiger partial charge in [0.15, 0.2) is 0 Å². The lowest BCUT2D eigenvalue weighted by atomic mass is 9.99. The summed E-state index contributed by atoms with van der Waals surface area (Å²) in [6, 6.07) is 11.9. The Kier molecular flexibility index (Phi) is 3.74. The second-order valence-electron chi connectivity index (χ2n) is 7.45. The highest BCUT2D eigenvalue weighted by Gasteiger charge is 2.43. The summed E-state index contributed by atoms with van der Waals surface area (Å²) in [7, 11) is 1.96. The number of amides is 1. The molecule has 0 spiro atoms. The van der Waals surface area contributed by atoms with Gasteiger partial charge in [-0.3, -0.25) is 4.79 Å². The SMILES string of the molecule is Cn1ccc2c(-c3cc(N)c4cnc(NC(=O)[C@H]5C[C@@H]5C#N)cc4c3)ccnc21. The zero-order valence-electron chi connectivity index (χ0n) is 15.8. The summed E-state index contributed by atoms with van der Waals surface area (Å²) >= 11 is 0. The Hall–Kier alpha value is -3.92. The van der Waals surface area contributed by atoms with Crippen molar-refractivity contribution in [2.75, 3.05) is 11.1 Å². The van der Waals surface area contributed by atoms with Crippen LogP contribution in [0.2, 0.25) is 0 Å². The third-order valence-electron chi connectivity index (χ3n) is 5.49. The van der Waals surface area contributed by atoms with Crippen molar-refractivity contribution < 1.29 is 4.79 Å². The van der Waals surface area contributed by atoms with Gasteiger partial charge in [-0.15, -0.1) is 0 Å². The number of pyridine rings is 2. The highest BCUT2D eigenvalue weighted by Crippen LogP contribution is 2.39. The van der Waals surface area contributed by atoms with E-state index in [1.807, 2.05) is 48.1 Å². The Balaban J connectivity index is 1.56. The number of hydrogen-bond acceptors (Lipinski definition) is 5. The van der Waals surface area contributed by atoms with Crippen LogP contribution in [0, 0.1) is 23.2 Å². The molecule has 0 radical (unpaired) electrons. The number of benzene rings is 1. The lowest BCUT2D eigenvalue weighted by Gasteiger charge is -2.10. The van der Waals surface area contributed by atoms with Gasteiger partial charge in [0, 0.05) is 42.1 Å². The predicted molar refractivity (Wildman–Crippen MR) is 112 cm³/mol. The molecule has 0 bridgehead atoms. The number of nitriles is 1. The normalized spacial score (nSPS) is 17.9. The van der Waals surface area contributed by atoms with Crippen LogP contribution < -0.4 is 11.1 Å². The van der Waals surface area contributed by atoms with E-state index in [0.717, 1.165) is 32.9 Å². The summed E-state index contributed by atoms with van der Waals surface area (Å²) < 4.78 is 1.98. The molecule has 3 aromatic heterocycles. The maximum Gasteiger partial charge on any atom is 0.230 e. The Bertz CT molecular complexity index is 1330. The zero-order chi connectivity index (χ0) is 20.1. The van der Waals surface area contributed by atoms with Crippen molar-refractivity contribution in [3.63, 3.8) is 0 Å². The van der Waals surface area contributed by atoms with Crippen LogP contribution >= 0.6 is 0 Å². The average molecular weight is 382 g/mol. The maximum absolute atomic E-state index is 12.2. The lowest BCUT2D eigenvalue weighted by molar-refractivity contribution is -0.117. The number of aryl methyl sites for hydroxylation is 1. The van der Waals surface area contributed by atoms with E-state index in [-0.39, 0.29) is 17.7 Å². The minimum absolute atomic E-state index is 0.160. The van der Waals surface area contributed by atoms with Crippen LogP contribution in [0.4, 0.5) is 11.5 Å². The molecule has 29 heavy (non-hydrogen) atoms. The first kappa shape index (κ1) is 17.2. The number of nitrogens with zero attached hydrogens (tertiary/aromatic N) is 4. The van der Waals surface area contributed by atoms with Crippen molar-refractivity contribution in [1.29, 1.82) is 5.26 Å². The maximum atomic E-state index is 12.2. The van der Waals surface area contributed by atoms with Crippen molar-refractivity contribution in [1.82, 2.24) is 14.5 Å². The van der Waals surface area contributed by atoms with E-state index in [2.05, 4.69) is 21.4 Å². The summed E-state index contributed by atoms with van der Waals surface area (Å²) in [6.07, 6.45) is 6.05. The van der Waals surface area contributed by atoms with Crippen LogP contribution in [0.1, 0.15) is 6.42 Å². The van der Waals surface area contributed by atoms with E-state index in [9.17, 15) is 4.79 Å². The van der Waals surface area contributed by atoms with Crippen molar-refractivity contribution in [3.8, 4) is 17.2 Å². The summed E-state index contributed by atoms with van der Waals surface area (Å²) in [5.41, 5.74) is 9.85. The molecule has 3 N–H and O–H groups in total. The Labute approximate surface area is 166 Å². The number of hydrogen-bond donors (Lipinski definition) is 2. The number of aromatic nitrogens is 3. The van der Waals surface area contributed by atoms with Crippen LogP contribution in [0.3, 0.4) is 0 Å². The van der Waals surface area contributed by atoms with Crippen molar-refractivity contribution in [2.45, 2.75) is 6.42 Å². The van der Waals surface area contributed by atoms with Gasteiger partial charge in [0.05, 0.1) is 17.9 Å². The molecule has 4 aromatic rings. The highest BCUT2D eigenvalue weighted by molar-refractivity contribution is 6.02. The fourth-order valence-corrected chi connectivity index (χ4v) is 3.77. The standard InChI is InChI=1S/C22H18N6O/c1-28-5-3-16-15(2-4-25-21(16)28)12-6-13-9-20(26-11-18(13)19(24)8-12)27-22(29)17-7-14(17)10-23/h2-6,8-9,11,14,17H,7,24H2,1H3,(H,26,27,29)/t14-,17+/m1/s1. The number of nitrogens with two attached hydrogens (primary N) is 1. The van der Waals surface area contributed by atoms with Crippen LogP contribution in [0.5, 0.6) is 0 Å². The fraction of sp³-hybridized carbons (Fsp3) is 0.182. The molecule has 1 aliphatic carbocycles. The van der Waals surface area contributed by atoms with Crippen LogP contribution in [-0.4, -0.2) is 20.4 Å². The topological polar surface area (TPSA) is 110 Å². The third kappa shape index (κ3) is 2.86. The molecule has 0 unspecified atom stereocenters. The number of carbonyl (C=O) groups is 1. The third-order valence-corrected chi connectivity index (χ3v) is 5.49. The molecule has 5 rings (SSSR count). The summed E-state index contributed by atoms with van der Waals surface area (Å²) in [5.74, 6) is -0.121. The van der Waals surface area contributed by atoms with Crippen molar-refractivity contribution in [2.24, 2.45) is 18.9 Å². The lowest BCUT2D eigenvalue weighted by Crippen LogP contribution is -2.15.